The number of rotatable bonds is 5. The first-order chi connectivity index (χ1) is 9.31. The molecule has 0 bridgehead atoms. The fourth-order valence-electron chi connectivity index (χ4n) is 1.96. The van der Waals surface area contributed by atoms with Crippen molar-refractivity contribution in [1.29, 1.82) is 0 Å². The van der Waals surface area contributed by atoms with Gasteiger partial charge >= 0.3 is 0 Å². The van der Waals surface area contributed by atoms with E-state index in [1.54, 1.807) is 7.11 Å². The number of benzene rings is 2. The lowest BCUT2D eigenvalue weighted by atomic mass is 10.1. The fraction of sp³-hybridized carbons (Fsp3) is 0.176. The lowest BCUT2D eigenvalue weighted by molar-refractivity contribution is 0.413. The van der Waals surface area contributed by atoms with E-state index in [-0.39, 0.29) is 0 Å². The quantitative estimate of drug-likeness (QED) is 0.752. The highest BCUT2D eigenvalue weighted by Crippen LogP contribution is 2.25. The van der Waals surface area contributed by atoms with Crippen molar-refractivity contribution in [1.82, 2.24) is 0 Å². The number of hydrogen-bond donors (Lipinski definition) is 0. The smallest absolute Gasteiger partial charge is 0.126 e. The van der Waals surface area contributed by atoms with Crippen molar-refractivity contribution < 1.29 is 4.74 Å². The van der Waals surface area contributed by atoms with Gasteiger partial charge in [-0.25, -0.2) is 0 Å². The SMILES string of the molecule is COc1ccccc1/C(C)=C\C[Si]c1ccccc1. The minimum atomic E-state index is 0.822. The number of allylic oxidation sites excluding steroid dienone is 2. The molecule has 1 nitrogen and oxygen atoms in total. The Morgan fingerprint density at radius 2 is 1.74 bits per heavy atom. The van der Waals surface area contributed by atoms with Crippen molar-refractivity contribution in [2.75, 3.05) is 7.11 Å². The van der Waals surface area contributed by atoms with Gasteiger partial charge in [0, 0.05) is 5.56 Å². The maximum absolute atomic E-state index is 5.39. The summed E-state index contributed by atoms with van der Waals surface area (Å²) in [5.41, 5.74) is 2.46. The van der Waals surface area contributed by atoms with E-state index < -0.39 is 0 Å². The highest BCUT2D eigenvalue weighted by Gasteiger charge is 2.02. The van der Waals surface area contributed by atoms with E-state index in [1.807, 2.05) is 12.1 Å². The lowest BCUT2D eigenvalue weighted by Crippen LogP contribution is -2.11. The van der Waals surface area contributed by atoms with E-state index in [9.17, 15) is 0 Å². The minimum Gasteiger partial charge on any atom is -0.496 e. The molecule has 2 radical (unpaired) electrons. The zero-order chi connectivity index (χ0) is 13.5. The molecule has 2 rings (SSSR count). The van der Waals surface area contributed by atoms with Crippen LogP contribution in [0.25, 0.3) is 5.57 Å². The second-order valence-electron chi connectivity index (χ2n) is 4.33. The second-order valence-corrected chi connectivity index (χ2v) is 5.67. The van der Waals surface area contributed by atoms with Crippen LogP contribution in [0.3, 0.4) is 0 Å². The molecular weight excluding hydrogens is 248 g/mol. The van der Waals surface area contributed by atoms with E-state index in [0.29, 0.717) is 0 Å². The first kappa shape index (κ1) is 13.6. The monoisotopic (exact) mass is 266 g/mol. The summed E-state index contributed by atoms with van der Waals surface area (Å²) >= 11 is 0. The summed E-state index contributed by atoms with van der Waals surface area (Å²) in [6.07, 6.45) is 2.29. The van der Waals surface area contributed by atoms with Crippen LogP contribution in [0.4, 0.5) is 0 Å². The summed E-state index contributed by atoms with van der Waals surface area (Å²) in [7, 11) is 2.54. The van der Waals surface area contributed by atoms with Gasteiger partial charge in [0.05, 0.1) is 16.6 Å². The zero-order valence-corrected chi connectivity index (χ0v) is 12.4. The fourth-order valence-corrected chi connectivity index (χ4v) is 3.03. The molecule has 0 N–H and O–H groups in total. The molecule has 0 heterocycles. The summed E-state index contributed by atoms with van der Waals surface area (Å²) in [4.78, 5) is 0. The molecular formula is C17H18OSi. The predicted octanol–water partition coefficient (Wildman–Crippen LogP) is 3.55. The number of hydrogen-bond acceptors (Lipinski definition) is 1. The molecule has 0 atom stereocenters. The van der Waals surface area contributed by atoms with Gasteiger partial charge < -0.3 is 4.74 Å². The molecule has 0 unspecified atom stereocenters. The highest BCUT2D eigenvalue weighted by molar-refractivity contribution is 6.53. The highest BCUT2D eigenvalue weighted by atomic mass is 28.2. The molecule has 0 amide bonds. The Morgan fingerprint density at radius 1 is 1.05 bits per heavy atom. The van der Waals surface area contributed by atoms with Gasteiger partial charge in [-0.05, 0) is 24.6 Å². The van der Waals surface area contributed by atoms with Crippen LogP contribution in [0.2, 0.25) is 6.04 Å². The Kier molecular flexibility index (Phi) is 4.98. The van der Waals surface area contributed by atoms with Gasteiger partial charge in [0.25, 0.3) is 0 Å². The molecule has 19 heavy (non-hydrogen) atoms. The first-order valence-electron chi connectivity index (χ1n) is 6.40. The number of methoxy groups -OCH3 is 1. The van der Waals surface area contributed by atoms with Crippen LogP contribution in [-0.2, 0) is 0 Å². The molecule has 0 spiro atoms. The van der Waals surface area contributed by atoms with E-state index in [0.717, 1.165) is 21.3 Å². The number of ether oxygens (including phenoxy) is 1. The molecule has 0 fully saturated rings. The summed E-state index contributed by atoms with van der Waals surface area (Å²) in [5.74, 6) is 0.944. The van der Waals surface area contributed by atoms with Gasteiger partial charge in [0.1, 0.15) is 5.75 Å². The predicted molar refractivity (Wildman–Crippen MR) is 83.3 cm³/mol. The third kappa shape index (κ3) is 3.83. The summed E-state index contributed by atoms with van der Waals surface area (Å²) in [6, 6.07) is 19.9. The average Bonchev–Trinajstić information content (AvgIpc) is 2.48. The maximum Gasteiger partial charge on any atom is 0.126 e. The Hall–Kier alpha value is -1.80. The zero-order valence-electron chi connectivity index (χ0n) is 11.4. The standard InChI is InChI=1S/C17H18OSi/c1-14(16-10-6-7-11-17(16)18-2)12-13-19-15-8-4-3-5-9-15/h3-12H,13H2,1-2H3/b14-12-. The summed E-state index contributed by atoms with van der Waals surface area (Å²) in [6.45, 7) is 2.15. The number of para-hydroxylation sites is 1. The van der Waals surface area contributed by atoms with E-state index in [4.69, 9.17) is 4.74 Å². The van der Waals surface area contributed by atoms with Crippen molar-refractivity contribution in [2.24, 2.45) is 0 Å². The van der Waals surface area contributed by atoms with Crippen LogP contribution in [0, 0.1) is 0 Å². The normalized spacial score (nSPS) is 11.4. The van der Waals surface area contributed by atoms with Gasteiger partial charge in [-0.15, -0.1) is 0 Å². The molecule has 0 saturated heterocycles. The molecule has 2 aromatic carbocycles. The molecule has 96 valence electrons. The molecule has 2 heteroatoms. The third-order valence-corrected chi connectivity index (χ3v) is 4.17. The van der Waals surface area contributed by atoms with Gasteiger partial charge in [-0.3, -0.25) is 0 Å². The lowest BCUT2D eigenvalue weighted by Gasteiger charge is -2.08. The third-order valence-electron chi connectivity index (χ3n) is 3.02. The van der Waals surface area contributed by atoms with Crippen LogP contribution in [0.5, 0.6) is 5.75 Å². The van der Waals surface area contributed by atoms with Crippen molar-refractivity contribution in [2.45, 2.75) is 13.0 Å². The molecule has 0 saturated carbocycles. The van der Waals surface area contributed by atoms with Crippen LogP contribution in [-0.4, -0.2) is 16.6 Å². The van der Waals surface area contributed by atoms with Gasteiger partial charge in [-0.1, -0.05) is 59.8 Å². The Balaban J connectivity index is 2.03. The molecule has 0 aliphatic rings. The van der Waals surface area contributed by atoms with Crippen LogP contribution >= 0.6 is 0 Å². The molecule has 0 aromatic heterocycles. The second kappa shape index (κ2) is 6.95. The van der Waals surface area contributed by atoms with E-state index >= 15 is 0 Å². The summed E-state index contributed by atoms with van der Waals surface area (Å²) in [5, 5.41) is 1.41. The van der Waals surface area contributed by atoms with E-state index in [2.05, 4.69) is 55.5 Å². The maximum atomic E-state index is 5.39. The van der Waals surface area contributed by atoms with Crippen LogP contribution in [0.1, 0.15) is 12.5 Å². The van der Waals surface area contributed by atoms with E-state index in [1.165, 1.54) is 16.3 Å². The minimum absolute atomic E-state index is 0.822. The van der Waals surface area contributed by atoms with Crippen molar-refractivity contribution in [3.05, 3.63) is 66.2 Å². The van der Waals surface area contributed by atoms with Gasteiger partial charge in [-0.2, -0.15) is 0 Å². The van der Waals surface area contributed by atoms with Crippen LogP contribution < -0.4 is 9.92 Å². The van der Waals surface area contributed by atoms with Crippen LogP contribution in [0.15, 0.2) is 60.7 Å². The largest absolute Gasteiger partial charge is 0.496 e. The first-order valence-corrected chi connectivity index (χ1v) is 7.61. The van der Waals surface area contributed by atoms with Crippen molar-refractivity contribution in [3.63, 3.8) is 0 Å². The topological polar surface area (TPSA) is 9.23 Å². The van der Waals surface area contributed by atoms with Crippen molar-refractivity contribution >= 4 is 20.3 Å². The molecule has 2 aromatic rings. The van der Waals surface area contributed by atoms with Gasteiger partial charge in [0.15, 0.2) is 0 Å². The molecule has 0 aliphatic heterocycles. The van der Waals surface area contributed by atoms with Gasteiger partial charge in [0.2, 0.25) is 0 Å². The average molecular weight is 266 g/mol. The summed E-state index contributed by atoms with van der Waals surface area (Å²) < 4.78 is 5.39. The Bertz CT molecular complexity index is 546. The molecule has 0 aliphatic carbocycles. The Labute approximate surface area is 117 Å². The van der Waals surface area contributed by atoms with Crippen molar-refractivity contribution in [3.8, 4) is 5.75 Å². The Morgan fingerprint density at radius 3 is 2.47 bits per heavy atom.